The van der Waals surface area contributed by atoms with Gasteiger partial charge in [0.15, 0.2) is 0 Å². The number of ether oxygens (including phenoxy) is 2. The number of nitrogens with one attached hydrogen (secondary N) is 2. The number of benzene rings is 2. The van der Waals surface area contributed by atoms with Gasteiger partial charge in [-0.05, 0) is 49.4 Å². The molecule has 0 spiro atoms. The molecule has 2 aromatic carbocycles. The Balaban J connectivity index is 1.64. The van der Waals surface area contributed by atoms with Crippen LogP contribution in [0, 0.1) is 0 Å². The number of carbonyl (C=O) groups excluding carboxylic acids is 2. The summed E-state index contributed by atoms with van der Waals surface area (Å²) in [5.41, 5.74) is 1.21. The van der Waals surface area contributed by atoms with Gasteiger partial charge in [0.2, 0.25) is 0 Å². The van der Waals surface area contributed by atoms with Gasteiger partial charge in [0.1, 0.15) is 18.1 Å². The third kappa shape index (κ3) is 5.96. The molecule has 0 atom stereocenters. The first-order chi connectivity index (χ1) is 14.7. The fraction of sp³-hybridized carbons (Fsp3) is 0.217. The number of carbonyl (C=O) groups is 2. The van der Waals surface area contributed by atoms with E-state index in [0.717, 1.165) is 0 Å². The maximum atomic E-state index is 12.7. The van der Waals surface area contributed by atoms with Crippen molar-refractivity contribution in [2.24, 2.45) is 0 Å². The molecule has 0 aliphatic rings. The highest BCUT2D eigenvalue weighted by Crippen LogP contribution is 2.19. The molecule has 0 aliphatic heterocycles. The van der Waals surface area contributed by atoms with Gasteiger partial charge in [0, 0.05) is 12.2 Å². The Morgan fingerprint density at radius 3 is 2.63 bits per heavy atom. The van der Waals surface area contributed by atoms with E-state index in [2.05, 4.69) is 10.6 Å². The Bertz CT molecular complexity index is 969. The quantitative estimate of drug-likeness (QED) is 0.497. The maximum Gasteiger partial charge on any atom is 0.255 e. The van der Waals surface area contributed by atoms with Crippen LogP contribution in [0.1, 0.15) is 33.4 Å². The molecule has 156 valence electrons. The summed E-state index contributed by atoms with van der Waals surface area (Å²) in [6.07, 6.45) is 1.55. The van der Waals surface area contributed by atoms with Crippen LogP contribution in [0.15, 0.2) is 71.3 Å². The monoisotopic (exact) mass is 408 g/mol. The molecule has 0 aliphatic carbocycles. The molecule has 30 heavy (non-hydrogen) atoms. The van der Waals surface area contributed by atoms with Gasteiger partial charge in [-0.25, -0.2) is 0 Å². The van der Waals surface area contributed by atoms with Gasteiger partial charge >= 0.3 is 0 Å². The van der Waals surface area contributed by atoms with Gasteiger partial charge in [-0.2, -0.15) is 0 Å². The summed E-state index contributed by atoms with van der Waals surface area (Å²) >= 11 is 0. The Morgan fingerprint density at radius 2 is 1.83 bits per heavy atom. The summed E-state index contributed by atoms with van der Waals surface area (Å²) in [4.78, 5) is 25.3. The van der Waals surface area contributed by atoms with E-state index in [4.69, 9.17) is 13.9 Å². The van der Waals surface area contributed by atoms with Crippen molar-refractivity contribution < 1.29 is 23.5 Å². The Hall–Kier alpha value is -3.58. The third-order valence-electron chi connectivity index (χ3n) is 4.22. The van der Waals surface area contributed by atoms with Gasteiger partial charge in [-0.1, -0.05) is 18.2 Å². The molecule has 1 heterocycles. The van der Waals surface area contributed by atoms with Gasteiger partial charge in [-0.15, -0.1) is 0 Å². The average molecular weight is 408 g/mol. The van der Waals surface area contributed by atoms with E-state index in [-0.39, 0.29) is 18.4 Å². The highest BCUT2D eigenvalue weighted by atomic mass is 16.5. The fourth-order valence-corrected chi connectivity index (χ4v) is 2.75. The summed E-state index contributed by atoms with van der Waals surface area (Å²) in [5.74, 6) is 0.574. The van der Waals surface area contributed by atoms with E-state index in [0.29, 0.717) is 48.1 Å². The van der Waals surface area contributed by atoms with E-state index >= 15 is 0 Å². The number of anilines is 1. The topological polar surface area (TPSA) is 89.8 Å². The van der Waals surface area contributed by atoms with Crippen molar-refractivity contribution in [3.8, 4) is 5.75 Å². The lowest BCUT2D eigenvalue weighted by atomic mass is 10.1. The molecule has 2 amide bonds. The fourth-order valence-electron chi connectivity index (χ4n) is 2.75. The number of para-hydroxylation sites is 1. The van der Waals surface area contributed by atoms with Crippen LogP contribution in [0.5, 0.6) is 5.75 Å². The van der Waals surface area contributed by atoms with Crippen molar-refractivity contribution in [1.29, 1.82) is 0 Å². The summed E-state index contributed by atoms with van der Waals surface area (Å²) in [5, 5.41) is 5.58. The second-order valence-electron chi connectivity index (χ2n) is 6.33. The van der Waals surface area contributed by atoms with Crippen LogP contribution in [-0.4, -0.2) is 31.6 Å². The zero-order valence-electron chi connectivity index (χ0n) is 16.7. The second kappa shape index (κ2) is 10.8. The van der Waals surface area contributed by atoms with Crippen LogP contribution in [0.2, 0.25) is 0 Å². The number of hydrogen-bond acceptors (Lipinski definition) is 5. The van der Waals surface area contributed by atoms with Crippen molar-refractivity contribution in [3.05, 3.63) is 83.8 Å². The highest BCUT2D eigenvalue weighted by molar-refractivity contribution is 6.09. The lowest BCUT2D eigenvalue weighted by Crippen LogP contribution is -2.24. The number of hydrogen-bond donors (Lipinski definition) is 2. The van der Waals surface area contributed by atoms with Gasteiger partial charge in [-0.3, -0.25) is 9.59 Å². The summed E-state index contributed by atoms with van der Waals surface area (Å²) in [7, 11) is 0. The molecule has 3 aromatic rings. The van der Waals surface area contributed by atoms with Crippen molar-refractivity contribution in [2.45, 2.75) is 13.5 Å². The number of furan rings is 1. The minimum atomic E-state index is -0.337. The van der Waals surface area contributed by atoms with E-state index in [1.807, 2.05) is 6.92 Å². The van der Waals surface area contributed by atoms with Gasteiger partial charge in [0.05, 0.1) is 30.7 Å². The standard InChI is InChI=1S/C23H24N2O5/c1-2-28-13-14-30-18-8-5-7-17(15-18)22(26)25-21-11-4-3-10-20(21)23(27)24-16-19-9-6-12-29-19/h3-12,15H,2,13-14,16H2,1H3,(H,24,27)(H,25,26). The predicted molar refractivity (Wildman–Crippen MR) is 113 cm³/mol. The van der Waals surface area contributed by atoms with E-state index in [1.165, 1.54) is 0 Å². The van der Waals surface area contributed by atoms with E-state index < -0.39 is 0 Å². The zero-order chi connectivity index (χ0) is 21.2. The first-order valence-electron chi connectivity index (χ1n) is 9.69. The van der Waals surface area contributed by atoms with Gasteiger partial charge in [0.25, 0.3) is 11.8 Å². The lowest BCUT2D eigenvalue weighted by molar-refractivity contribution is 0.0949. The van der Waals surface area contributed by atoms with Crippen LogP contribution < -0.4 is 15.4 Å². The molecular weight excluding hydrogens is 384 g/mol. The Kier molecular flexibility index (Phi) is 7.63. The van der Waals surface area contributed by atoms with Crippen LogP contribution >= 0.6 is 0 Å². The normalized spacial score (nSPS) is 10.4. The molecule has 0 unspecified atom stereocenters. The largest absolute Gasteiger partial charge is 0.491 e. The molecule has 1 aromatic heterocycles. The van der Waals surface area contributed by atoms with Crippen LogP contribution in [-0.2, 0) is 11.3 Å². The molecule has 7 nitrogen and oxygen atoms in total. The van der Waals surface area contributed by atoms with Crippen molar-refractivity contribution in [1.82, 2.24) is 5.32 Å². The molecule has 0 radical (unpaired) electrons. The van der Waals surface area contributed by atoms with Crippen LogP contribution in [0.4, 0.5) is 5.69 Å². The molecule has 0 saturated heterocycles. The SMILES string of the molecule is CCOCCOc1cccc(C(=O)Nc2ccccc2C(=O)NCc2ccco2)c1. The molecule has 0 saturated carbocycles. The number of amides is 2. The van der Waals surface area contributed by atoms with Crippen molar-refractivity contribution >= 4 is 17.5 Å². The van der Waals surface area contributed by atoms with Crippen LogP contribution in [0.3, 0.4) is 0 Å². The zero-order valence-corrected chi connectivity index (χ0v) is 16.7. The van der Waals surface area contributed by atoms with Crippen molar-refractivity contribution in [3.63, 3.8) is 0 Å². The molecule has 7 heteroatoms. The minimum absolute atomic E-state index is 0.259. The maximum absolute atomic E-state index is 12.7. The summed E-state index contributed by atoms with van der Waals surface area (Å²) in [6, 6.07) is 17.2. The molecule has 0 fully saturated rings. The Morgan fingerprint density at radius 1 is 0.967 bits per heavy atom. The number of rotatable bonds is 10. The first kappa shape index (κ1) is 21.1. The van der Waals surface area contributed by atoms with Gasteiger partial charge < -0.3 is 24.5 Å². The average Bonchev–Trinajstić information content (AvgIpc) is 3.29. The van der Waals surface area contributed by atoms with E-state index in [9.17, 15) is 9.59 Å². The van der Waals surface area contributed by atoms with Crippen LogP contribution in [0.25, 0.3) is 0 Å². The Labute approximate surface area is 175 Å². The smallest absolute Gasteiger partial charge is 0.255 e. The molecule has 0 bridgehead atoms. The molecule has 3 rings (SSSR count). The third-order valence-corrected chi connectivity index (χ3v) is 4.22. The molecule has 2 N–H and O–H groups in total. The summed E-state index contributed by atoms with van der Waals surface area (Å²) in [6.45, 7) is 3.68. The second-order valence-corrected chi connectivity index (χ2v) is 6.33. The lowest BCUT2D eigenvalue weighted by Gasteiger charge is -2.12. The van der Waals surface area contributed by atoms with E-state index in [1.54, 1.807) is 66.9 Å². The molecular formula is C23H24N2O5. The highest BCUT2D eigenvalue weighted by Gasteiger charge is 2.15. The van der Waals surface area contributed by atoms with Crippen molar-refractivity contribution in [2.75, 3.05) is 25.1 Å². The minimum Gasteiger partial charge on any atom is -0.491 e. The summed E-state index contributed by atoms with van der Waals surface area (Å²) < 4.78 is 16.1. The first-order valence-corrected chi connectivity index (χ1v) is 9.69. The predicted octanol–water partition coefficient (Wildman–Crippen LogP) is 3.88.